The van der Waals surface area contributed by atoms with Crippen LogP contribution < -0.4 is 16.8 Å². The van der Waals surface area contributed by atoms with Gasteiger partial charge in [0.2, 0.25) is 0 Å². The predicted octanol–water partition coefficient (Wildman–Crippen LogP) is -0.670. The molecule has 76 valence electrons. The Labute approximate surface area is 79.3 Å². The van der Waals surface area contributed by atoms with Gasteiger partial charge in [-0.1, -0.05) is 0 Å². The van der Waals surface area contributed by atoms with Gasteiger partial charge in [-0.25, -0.2) is 0 Å². The molecule has 5 N–H and O–H groups in total. The van der Waals surface area contributed by atoms with E-state index in [0.29, 0.717) is 13.3 Å². The number of nitrogens with two attached hydrogens (primary N) is 2. The quantitative estimate of drug-likeness (QED) is 0.346. The maximum Gasteiger partial charge on any atom is 0.0885 e. The van der Waals surface area contributed by atoms with Crippen LogP contribution >= 0.6 is 0 Å². The second kappa shape index (κ2) is 11.2. The first-order valence-electron chi connectivity index (χ1n) is 4.51. The summed E-state index contributed by atoms with van der Waals surface area (Å²) in [6, 6.07) is 0. The molecule has 0 saturated heterocycles. The Kier molecular flexibility index (Phi) is 10.5. The molecule has 0 aromatic heterocycles. The number of hydrogen-bond acceptors (Lipinski definition) is 5. The van der Waals surface area contributed by atoms with E-state index in [2.05, 4.69) is 15.3 Å². The largest absolute Gasteiger partial charge is 0.330 e. The molecule has 0 aromatic carbocycles. The lowest BCUT2D eigenvalue weighted by atomic mass is 10.3. The molecule has 13 heavy (non-hydrogen) atoms. The van der Waals surface area contributed by atoms with Crippen LogP contribution in [-0.4, -0.2) is 38.9 Å². The normalized spacial score (nSPS) is 11.8. The molecule has 0 aliphatic heterocycles. The highest BCUT2D eigenvalue weighted by atomic mass is 15.0. The van der Waals surface area contributed by atoms with Crippen molar-refractivity contribution < 1.29 is 0 Å². The van der Waals surface area contributed by atoms with Gasteiger partial charge in [0, 0.05) is 12.4 Å². The third-order valence-electron chi connectivity index (χ3n) is 1.39. The Morgan fingerprint density at radius 3 is 2.54 bits per heavy atom. The third kappa shape index (κ3) is 11.2. The summed E-state index contributed by atoms with van der Waals surface area (Å²) >= 11 is 0. The van der Waals surface area contributed by atoms with Crippen LogP contribution in [0.3, 0.4) is 0 Å². The number of nitrogens with one attached hydrogen (secondary N) is 1. The second-order valence-corrected chi connectivity index (χ2v) is 2.50. The highest BCUT2D eigenvalue weighted by molar-refractivity contribution is 6.15. The number of nitrogens with zero attached hydrogens (tertiary/aromatic N) is 2. The molecule has 0 radical (unpaired) electrons. The second-order valence-electron chi connectivity index (χ2n) is 2.50. The van der Waals surface area contributed by atoms with E-state index >= 15 is 0 Å². The number of aliphatic imine (C=N–C) groups is 2. The minimum absolute atomic E-state index is 0.315. The third-order valence-corrected chi connectivity index (χ3v) is 1.39. The van der Waals surface area contributed by atoms with Gasteiger partial charge in [-0.3, -0.25) is 15.3 Å². The summed E-state index contributed by atoms with van der Waals surface area (Å²) in [5.41, 5.74) is 10.5. The molecule has 0 aromatic rings. The Balaban J connectivity index is 3.06. The summed E-state index contributed by atoms with van der Waals surface area (Å²) < 4.78 is 0. The van der Waals surface area contributed by atoms with Crippen molar-refractivity contribution in [3.05, 3.63) is 0 Å². The Morgan fingerprint density at radius 1 is 1.08 bits per heavy atom. The Morgan fingerprint density at radius 2 is 1.85 bits per heavy atom. The molecule has 0 heterocycles. The molecule has 0 saturated carbocycles. The van der Waals surface area contributed by atoms with E-state index < -0.39 is 0 Å². The number of hydrogen-bond donors (Lipinski definition) is 3. The van der Waals surface area contributed by atoms with Gasteiger partial charge < -0.3 is 11.5 Å². The lowest BCUT2D eigenvalue weighted by Gasteiger charge is -1.98. The van der Waals surface area contributed by atoms with Crippen molar-refractivity contribution in [1.82, 2.24) is 5.32 Å². The van der Waals surface area contributed by atoms with Crippen LogP contribution in [0.4, 0.5) is 0 Å². The lowest BCUT2D eigenvalue weighted by Crippen LogP contribution is -2.16. The van der Waals surface area contributed by atoms with Crippen molar-refractivity contribution in [2.75, 3.05) is 26.4 Å². The summed E-state index contributed by atoms with van der Waals surface area (Å²) in [6.45, 7) is 2.66. The number of unbranched alkanes of at least 4 members (excludes halogenated alkanes) is 1. The standard InChI is InChI=1S/C8H19N5/c9-3-1-2-4-12-8-13-6-5-11-7-10/h5-6,12H,1-4,7-10H2. The van der Waals surface area contributed by atoms with Crippen LogP contribution in [0, 0.1) is 0 Å². The van der Waals surface area contributed by atoms with E-state index in [1.165, 1.54) is 0 Å². The van der Waals surface area contributed by atoms with Crippen LogP contribution in [0.15, 0.2) is 9.98 Å². The van der Waals surface area contributed by atoms with Crippen LogP contribution in [0.25, 0.3) is 0 Å². The molecule has 0 atom stereocenters. The van der Waals surface area contributed by atoms with Crippen LogP contribution in [0.5, 0.6) is 0 Å². The minimum atomic E-state index is 0.315. The smallest absolute Gasteiger partial charge is 0.0885 e. The van der Waals surface area contributed by atoms with E-state index in [0.717, 1.165) is 25.9 Å². The molecule has 0 bridgehead atoms. The molecule has 5 heteroatoms. The molecule has 0 rings (SSSR count). The molecule has 0 aliphatic carbocycles. The van der Waals surface area contributed by atoms with Crippen molar-refractivity contribution in [1.29, 1.82) is 0 Å². The SMILES string of the molecule is NCCCCNCN=CC=NCN. The lowest BCUT2D eigenvalue weighted by molar-refractivity contribution is 0.639. The van der Waals surface area contributed by atoms with Gasteiger partial charge in [-0.2, -0.15) is 0 Å². The molecule has 0 fully saturated rings. The molecule has 0 spiro atoms. The van der Waals surface area contributed by atoms with Crippen molar-refractivity contribution in [2.45, 2.75) is 12.8 Å². The maximum absolute atomic E-state index is 5.34. The molecule has 5 nitrogen and oxygen atoms in total. The zero-order valence-electron chi connectivity index (χ0n) is 7.95. The maximum atomic E-state index is 5.34. The average Bonchev–Trinajstić information content (AvgIpc) is 2.16. The topological polar surface area (TPSA) is 88.8 Å². The van der Waals surface area contributed by atoms with Crippen molar-refractivity contribution in [3.63, 3.8) is 0 Å². The first kappa shape index (κ1) is 12.2. The fourth-order valence-corrected chi connectivity index (χ4v) is 0.746. The minimum Gasteiger partial charge on any atom is -0.330 e. The zero-order valence-corrected chi connectivity index (χ0v) is 7.95. The van der Waals surface area contributed by atoms with E-state index in [-0.39, 0.29) is 0 Å². The van der Waals surface area contributed by atoms with Crippen LogP contribution in [0.1, 0.15) is 12.8 Å². The van der Waals surface area contributed by atoms with E-state index in [1.54, 1.807) is 12.4 Å². The fourth-order valence-electron chi connectivity index (χ4n) is 0.746. The highest BCUT2D eigenvalue weighted by Gasteiger charge is 1.83. The Bertz CT molecular complexity index is 143. The van der Waals surface area contributed by atoms with Gasteiger partial charge in [-0.05, 0) is 25.9 Å². The molecule has 0 aliphatic rings. The van der Waals surface area contributed by atoms with Gasteiger partial charge in [0.15, 0.2) is 0 Å². The van der Waals surface area contributed by atoms with Gasteiger partial charge >= 0.3 is 0 Å². The van der Waals surface area contributed by atoms with Crippen LogP contribution in [0.2, 0.25) is 0 Å². The van der Waals surface area contributed by atoms with E-state index in [4.69, 9.17) is 11.5 Å². The molecular weight excluding hydrogens is 166 g/mol. The van der Waals surface area contributed by atoms with Crippen molar-refractivity contribution in [3.8, 4) is 0 Å². The van der Waals surface area contributed by atoms with Crippen molar-refractivity contribution in [2.24, 2.45) is 21.5 Å². The van der Waals surface area contributed by atoms with Gasteiger partial charge in [0.1, 0.15) is 0 Å². The summed E-state index contributed by atoms with van der Waals surface area (Å²) in [6.07, 6.45) is 5.40. The fraction of sp³-hybridized carbons (Fsp3) is 0.750. The molecule has 0 unspecified atom stereocenters. The van der Waals surface area contributed by atoms with Gasteiger partial charge in [0.05, 0.1) is 13.3 Å². The summed E-state index contributed by atoms with van der Waals surface area (Å²) in [5, 5.41) is 3.15. The summed E-state index contributed by atoms with van der Waals surface area (Å²) in [7, 11) is 0. The first-order chi connectivity index (χ1) is 6.41. The van der Waals surface area contributed by atoms with E-state index in [1.807, 2.05) is 0 Å². The van der Waals surface area contributed by atoms with E-state index in [9.17, 15) is 0 Å². The summed E-state index contributed by atoms with van der Waals surface area (Å²) in [5.74, 6) is 0. The Hall–Kier alpha value is -0.780. The summed E-state index contributed by atoms with van der Waals surface area (Å²) in [4.78, 5) is 7.81. The molecule has 0 amide bonds. The molecular formula is C8H19N5. The number of rotatable bonds is 8. The van der Waals surface area contributed by atoms with Gasteiger partial charge in [0.25, 0.3) is 0 Å². The average molecular weight is 185 g/mol. The van der Waals surface area contributed by atoms with Crippen LogP contribution in [-0.2, 0) is 0 Å². The van der Waals surface area contributed by atoms with Crippen molar-refractivity contribution >= 4 is 12.4 Å². The monoisotopic (exact) mass is 185 g/mol. The van der Waals surface area contributed by atoms with Gasteiger partial charge in [-0.15, -0.1) is 0 Å². The zero-order chi connectivity index (χ0) is 9.78. The highest BCUT2D eigenvalue weighted by Crippen LogP contribution is 1.81. The predicted molar refractivity (Wildman–Crippen MR) is 57.2 cm³/mol. The first-order valence-corrected chi connectivity index (χ1v) is 4.51.